The highest BCUT2D eigenvalue weighted by atomic mass is 16.5. The Morgan fingerprint density at radius 2 is 2.00 bits per heavy atom. The van der Waals surface area contributed by atoms with Crippen LogP contribution in [0, 0.1) is 0 Å². The maximum absolute atomic E-state index is 12.4. The van der Waals surface area contributed by atoms with Gasteiger partial charge in [0.15, 0.2) is 0 Å². The molecule has 0 spiro atoms. The largest absolute Gasteiger partial charge is 0.461 e. The van der Waals surface area contributed by atoms with Gasteiger partial charge in [-0.05, 0) is 51.6 Å². The first kappa shape index (κ1) is 18.5. The van der Waals surface area contributed by atoms with Crippen molar-refractivity contribution in [2.45, 2.75) is 64.1 Å². The summed E-state index contributed by atoms with van der Waals surface area (Å²) in [5.41, 5.74) is 1.14. The normalized spacial score (nSPS) is 18.9. The summed E-state index contributed by atoms with van der Waals surface area (Å²) in [4.78, 5) is 24.8. The Hall–Kier alpha value is -1.88. The highest BCUT2D eigenvalue weighted by Gasteiger charge is 2.27. The Bertz CT molecular complexity index is 525. The SMILES string of the molecule is CC(C)OC(=O)[C@H](CCc1ccccc1)NC(=O)[C@@H]1CCCCN1. The van der Waals surface area contributed by atoms with Crippen LogP contribution in [0.3, 0.4) is 0 Å². The molecule has 132 valence electrons. The van der Waals surface area contributed by atoms with Crippen LogP contribution in [0.15, 0.2) is 30.3 Å². The van der Waals surface area contributed by atoms with Crippen molar-refractivity contribution in [2.24, 2.45) is 0 Å². The molecule has 0 saturated carbocycles. The van der Waals surface area contributed by atoms with Gasteiger partial charge in [0.25, 0.3) is 0 Å². The topological polar surface area (TPSA) is 67.4 Å². The van der Waals surface area contributed by atoms with Crippen molar-refractivity contribution >= 4 is 11.9 Å². The average Bonchev–Trinajstić information content (AvgIpc) is 2.59. The molecule has 0 aliphatic carbocycles. The Balaban J connectivity index is 1.96. The molecule has 1 aliphatic rings. The number of piperidine rings is 1. The zero-order chi connectivity index (χ0) is 17.4. The number of carbonyl (C=O) groups is 2. The van der Waals surface area contributed by atoms with Crippen LogP contribution in [-0.2, 0) is 20.7 Å². The van der Waals surface area contributed by atoms with E-state index >= 15 is 0 Å². The second-order valence-electron chi connectivity index (χ2n) is 6.57. The van der Waals surface area contributed by atoms with Crippen LogP contribution in [-0.4, -0.2) is 36.6 Å². The first-order chi connectivity index (χ1) is 11.6. The molecular formula is C19H28N2O3. The standard InChI is InChI=1S/C19H28N2O3/c1-14(2)24-19(23)17(12-11-15-8-4-3-5-9-15)21-18(22)16-10-6-7-13-20-16/h3-5,8-9,14,16-17,20H,6-7,10-13H2,1-2H3,(H,21,22)/t16-,17-/m0/s1. The number of nitrogens with one attached hydrogen (secondary N) is 2. The van der Waals surface area contributed by atoms with E-state index < -0.39 is 6.04 Å². The van der Waals surface area contributed by atoms with Crippen LogP contribution < -0.4 is 10.6 Å². The van der Waals surface area contributed by atoms with E-state index in [1.165, 1.54) is 0 Å². The van der Waals surface area contributed by atoms with Gasteiger partial charge >= 0.3 is 5.97 Å². The van der Waals surface area contributed by atoms with Gasteiger partial charge in [0.2, 0.25) is 5.91 Å². The molecule has 2 atom stereocenters. The minimum Gasteiger partial charge on any atom is -0.461 e. The average molecular weight is 332 g/mol. The van der Waals surface area contributed by atoms with Gasteiger partial charge in [-0.1, -0.05) is 36.8 Å². The number of aryl methyl sites for hydroxylation is 1. The van der Waals surface area contributed by atoms with Crippen LogP contribution in [0.25, 0.3) is 0 Å². The van der Waals surface area contributed by atoms with Crippen molar-refractivity contribution in [1.29, 1.82) is 0 Å². The van der Waals surface area contributed by atoms with Gasteiger partial charge < -0.3 is 15.4 Å². The fourth-order valence-electron chi connectivity index (χ4n) is 2.87. The molecule has 5 heteroatoms. The lowest BCUT2D eigenvalue weighted by Gasteiger charge is -2.25. The number of carbonyl (C=O) groups excluding carboxylic acids is 2. The second kappa shape index (κ2) is 9.42. The van der Waals surface area contributed by atoms with Gasteiger partial charge in [0.1, 0.15) is 6.04 Å². The molecule has 0 aromatic heterocycles. The van der Waals surface area contributed by atoms with E-state index in [2.05, 4.69) is 10.6 Å². The smallest absolute Gasteiger partial charge is 0.328 e. The molecule has 24 heavy (non-hydrogen) atoms. The highest BCUT2D eigenvalue weighted by Crippen LogP contribution is 2.10. The maximum atomic E-state index is 12.4. The van der Waals surface area contributed by atoms with Crippen molar-refractivity contribution in [2.75, 3.05) is 6.54 Å². The van der Waals surface area contributed by atoms with Crippen LogP contribution >= 0.6 is 0 Å². The first-order valence-electron chi connectivity index (χ1n) is 8.84. The van der Waals surface area contributed by atoms with E-state index in [1.807, 2.05) is 44.2 Å². The molecule has 1 aliphatic heterocycles. The van der Waals surface area contributed by atoms with E-state index in [4.69, 9.17) is 4.74 Å². The van der Waals surface area contributed by atoms with E-state index in [1.54, 1.807) is 0 Å². The molecule has 1 aromatic rings. The number of amides is 1. The van der Waals surface area contributed by atoms with Gasteiger partial charge in [-0.2, -0.15) is 0 Å². The van der Waals surface area contributed by atoms with E-state index in [0.717, 1.165) is 37.8 Å². The predicted molar refractivity (Wildman–Crippen MR) is 93.6 cm³/mol. The second-order valence-corrected chi connectivity index (χ2v) is 6.57. The fraction of sp³-hybridized carbons (Fsp3) is 0.579. The zero-order valence-corrected chi connectivity index (χ0v) is 14.6. The number of hydrogen-bond donors (Lipinski definition) is 2. The van der Waals surface area contributed by atoms with Crippen molar-refractivity contribution < 1.29 is 14.3 Å². The number of benzene rings is 1. The molecule has 2 N–H and O–H groups in total. The van der Waals surface area contributed by atoms with Crippen molar-refractivity contribution in [1.82, 2.24) is 10.6 Å². The van der Waals surface area contributed by atoms with Crippen molar-refractivity contribution in [3.63, 3.8) is 0 Å². The summed E-state index contributed by atoms with van der Waals surface area (Å²) in [6.45, 7) is 4.48. The third-order valence-electron chi connectivity index (χ3n) is 4.14. The monoisotopic (exact) mass is 332 g/mol. The molecule has 1 amide bonds. The van der Waals surface area contributed by atoms with Crippen LogP contribution in [0.4, 0.5) is 0 Å². The molecule has 0 radical (unpaired) electrons. The molecule has 1 saturated heterocycles. The summed E-state index contributed by atoms with van der Waals surface area (Å²) in [5, 5.41) is 6.10. The summed E-state index contributed by atoms with van der Waals surface area (Å²) in [6.07, 6.45) is 4.01. The summed E-state index contributed by atoms with van der Waals surface area (Å²) in [5.74, 6) is -0.460. The Morgan fingerprint density at radius 3 is 2.62 bits per heavy atom. The van der Waals surface area contributed by atoms with Gasteiger partial charge in [0.05, 0.1) is 12.1 Å². The lowest BCUT2D eigenvalue weighted by atomic mass is 10.0. The summed E-state index contributed by atoms with van der Waals surface area (Å²) in [7, 11) is 0. The third kappa shape index (κ3) is 5.96. The van der Waals surface area contributed by atoms with Gasteiger partial charge in [-0.3, -0.25) is 4.79 Å². The third-order valence-corrected chi connectivity index (χ3v) is 4.14. The molecule has 0 unspecified atom stereocenters. The number of rotatable bonds is 7. The maximum Gasteiger partial charge on any atom is 0.328 e. The first-order valence-corrected chi connectivity index (χ1v) is 8.84. The lowest BCUT2D eigenvalue weighted by Crippen LogP contribution is -2.52. The molecule has 0 bridgehead atoms. The number of hydrogen-bond acceptors (Lipinski definition) is 4. The summed E-state index contributed by atoms with van der Waals surface area (Å²) >= 11 is 0. The Labute approximate surface area is 144 Å². The highest BCUT2D eigenvalue weighted by molar-refractivity contribution is 5.87. The quantitative estimate of drug-likeness (QED) is 0.751. The molecule has 1 fully saturated rings. The molecule has 1 heterocycles. The number of ether oxygens (including phenoxy) is 1. The van der Waals surface area contributed by atoms with Crippen molar-refractivity contribution in [3.05, 3.63) is 35.9 Å². The molecular weight excluding hydrogens is 304 g/mol. The lowest BCUT2D eigenvalue weighted by molar-refractivity contribution is -0.151. The van der Waals surface area contributed by atoms with Gasteiger partial charge in [0, 0.05) is 0 Å². The van der Waals surface area contributed by atoms with Crippen molar-refractivity contribution in [3.8, 4) is 0 Å². The fourth-order valence-corrected chi connectivity index (χ4v) is 2.87. The van der Waals surface area contributed by atoms with E-state index in [9.17, 15) is 9.59 Å². The minimum absolute atomic E-state index is 0.103. The Kier molecular flexibility index (Phi) is 7.25. The van der Waals surface area contributed by atoms with Crippen LogP contribution in [0.1, 0.15) is 45.1 Å². The van der Waals surface area contributed by atoms with E-state index in [0.29, 0.717) is 6.42 Å². The Morgan fingerprint density at radius 1 is 1.25 bits per heavy atom. The van der Waals surface area contributed by atoms with Crippen LogP contribution in [0.2, 0.25) is 0 Å². The predicted octanol–water partition coefficient (Wildman–Crippen LogP) is 2.20. The summed E-state index contributed by atoms with van der Waals surface area (Å²) in [6, 6.07) is 9.14. The minimum atomic E-state index is -0.608. The summed E-state index contributed by atoms with van der Waals surface area (Å²) < 4.78 is 5.31. The molecule has 1 aromatic carbocycles. The molecule has 2 rings (SSSR count). The number of esters is 1. The molecule has 5 nitrogen and oxygen atoms in total. The van der Waals surface area contributed by atoms with Gasteiger partial charge in [-0.15, -0.1) is 0 Å². The van der Waals surface area contributed by atoms with Crippen LogP contribution in [0.5, 0.6) is 0 Å². The van der Waals surface area contributed by atoms with E-state index in [-0.39, 0.29) is 24.0 Å². The van der Waals surface area contributed by atoms with Gasteiger partial charge in [-0.25, -0.2) is 4.79 Å². The zero-order valence-electron chi connectivity index (χ0n) is 14.6.